The SMILES string of the molecule is C[C@@H]1[C@H](C)CCC[C@H]1NC(=O)COC(=O)c1c(F)cccc1Cl. The molecule has 1 aliphatic rings. The Labute approximate surface area is 140 Å². The monoisotopic (exact) mass is 341 g/mol. The van der Waals surface area contributed by atoms with Gasteiger partial charge in [0.25, 0.3) is 5.91 Å². The van der Waals surface area contributed by atoms with Gasteiger partial charge in [0, 0.05) is 6.04 Å². The van der Waals surface area contributed by atoms with Crippen LogP contribution in [0.15, 0.2) is 18.2 Å². The molecule has 0 bridgehead atoms. The Bertz CT molecular complexity index is 573. The number of carbonyl (C=O) groups is 2. The van der Waals surface area contributed by atoms with Crippen LogP contribution in [0, 0.1) is 17.7 Å². The lowest BCUT2D eigenvalue weighted by atomic mass is 9.78. The van der Waals surface area contributed by atoms with Crippen molar-refractivity contribution in [2.45, 2.75) is 39.2 Å². The Morgan fingerprint density at radius 1 is 1.35 bits per heavy atom. The summed E-state index contributed by atoms with van der Waals surface area (Å²) >= 11 is 5.79. The fourth-order valence-corrected chi connectivity index (χ4v) is 3.17. The van der Waals surface area contributed by atoms with Crippen LogP contribution in [0.3, 0.4) is 0 Å². The van der Waals surface area contributed by atoms with Crippen molar-refractivity contribution in [3.05, 3.63) is 34.6 Å². The van der Waals surface area contributed by atoms with E-state index in [1.54, 1.807) is 0 Å². The first-order valence-corrected chi connectivity index (χ1v) is 8.18. The molecule has 1 aromatic rings. The van der Waals surface area contributed by atoms with Crippen LogP contribution in [0.4, 0.5) is 4.39 Å². The molecule has 0 unspecified atom stereocenters. The van der Waals surface area contributed by atoms with E-state index in [1.807, 2.05) is 0 Å². The predicted octanol–water partition coefficient (Wildman–Crippen LogP) is 3.58. The van der Waals surface area contributed by atoms with Crippen LogP contribution in [-0.2, 0) is 9.53 Å². The van der Waals surface area contributed by atoms with Gasteiger partial charge in [-0.05, 0) is 30.4 Å². The van der Waals surface area contributed by atoms with E-state index >= 15 is 0 Å². The highest BCUT2D eigenvalue weighted by Gasteiger charge is 2.28. The summed E-state index contributed by atoms with van der Waals surface area (Å²) in [4.78, 5) is 23.8. The van der Waals surface area contributed by atoms with Crippen LogP contribution < -0.4 is 5.32 Å². The minimum atomic E-state index is -0.937. The molecule has 0 aliphatic heterocycles. The van der Waals surface area contributed by atoms with E-state index in [9.17, 15) is 14.0 Å². The number of hydrogen-bond donors (Lipinski definition) is 1. The molecule has 0 radical (unpaired) electrons. The van der Waals surface area contributed by atoms with Gasteiger partial charge in [-0.25, -0.2) is 9.18 Å². The highest BCUT2D eigenvalue weighted by atomic mass is 35.5. The van der Waals surface area contributed by atoms with Gasteiger partial charge in [-0.3, -0.25) is 4.79 Å². The normalized spacial score (nSPS) is 24.1. The van der Waals surface area contributed by atoms with Crippen LogP contribution in [-0.4, -0.2) is 24.5 Å². The minimum Gasteiger partial charge on any atom is -0.452 e. The lowest BCUT2D eigenvalue weighted by Gasteiger charge is -2.34. The lowest BCUT2D eigenvalue weighted by Crippen LogP contribution is -2.45. The second kappa shape index (κ2) is 7.77. The topological polar surface area (TPSA) is 55.4 Å². The standard InChI is InChI=1S/C17H21ClFNO3/c1-10-5-3-8-14(11(10)2)20-15(21)9-23-17(22)16-12(18)6-4-7-13(16)19/h4,6-7,10-11,14H,3,5,8-9H2,1-2H3,(H,20,21)/t10-,11-,14-/m1/s1. The van der Waals surface area contributed by atoms with Gasteiger partial charge in [0.05, 0.1) is 5.02 Å². The molecular weight excluding hydrogens is 321 g/mol. The number of nitrogens with one attached hydrogen (secondary N) is 1. The van der Waals surface area contributed by atoms with E-state index in [4.69, 9.17) is 16.3 Å². The van der Waals surface area contributed by atoms with Crippen molar-refractivity contribution in [1.29, 1.82) is 0 Å². The number of carbonyl (C=O) groups excluding carboxylic acids is 2. The number of esters is 1. The number of amides is 1. The summed E-state index contributed by atoms with van der Waals surface area (Å²) in [6.07, 6.45) is 3.15. The number of benzene rings is 1. The Kier molecular flexibility index (Phi) is 5.99. The van der Waals surface area contributed by atoms with Crippen LogP contribution in [0.25, 0.3) is 0 Å². The predicted molar refractivity (Wildman–Crippen MR) is 85.8 cm³/mol. The molecule has 3 atom stereocenters. The molecule has 1 saturated carbocycles. The van der Waals surface area contributed by atoms with Crippen molar-refractivity contribution < 1.29 is 18.7 Å². The molecule has 1 aliphatic carbocycles. The summed E-state index contributed by atoms with van der Waals surface area (Å²) in [7, 11) is 0. The third-order valence-corrected chi connectivity index (χ3v) is 4.87. The van der Waals surface area contributed by atoms with Gasteiger partial charge < -0.3 is 10.1 Å². The Morgan fingerprint density at radius 3 is 2.78 bits per heavy atom. The highest BCUT2D eigenvalue weighted by Crippen LogP contribution is 2.29. The fourth-order valence-electron chi connectivity index (χ4n) is 2.93. The first-order chi connectivity index (χ1) is 10.9. The van der Waals surface area contributed by atoms with Crippen LogP contribution >= 0.6 is 11.6 Å². The van der Waals surface area contributed by atoms with E-state index in [1.165, 1.54) is 12.1 Å². The Morgan fingerprint density at radius 2 is 2.09 bits per heavy atom. The molecule has 4 nitrogen and oxygen atoms in total. The van der Waals surface area contributed by atoms with Crippen molar-refractivity contribution in [2.75, 3.05) is 6.61 Å². The molecule has 2 rings (SSSR count). The lowest BCUT2D eigenvalue weighted by molar-refractivity contribution is -0.125. The molecule has 6 heteroatoms. The van der Waals surface area contributed by atoms with Gasteiger partial charge in [-0.2, -0.15) is 0 Å². The molecule has 23 heavy (non-hydrogen) atoms. The van der Waals surface area contributed by atoms with Crippen LogP contribution in [0.5, 0.6) is 0 Å². The van der Waals surface area contributed by atoms with Crippen molar-refractivity contribution in [3.63, 3.8) is 0 Å². The van der Waals surface area contributed by atoms with Gasteiger partial charge in [-0.15, -0.1) is 0 Å². The van der Waals surface area contributed by atoms with E-state index in [2.05, 4.69) is 19.2 Å². The van der Waals surface area contributed by atoms with E-state index < -0.39 is 18.4 Å². The zero-order valence-electron chi connectivity index (χ0n) is 13.3. The molecule has 1 amide bonds. The van der Waals surface area contributed by atoms with Gasteiger partial charge in [0.15, 0.2) is 6.61 Å². The Hall–Kier alpha value is -1.62. The highest BCUT2D eigenvalue weighted by molar-refractivity contribution is 6.33. The minimum absolute atomic E-state index is 0.0369. The molecule has 1 fully saturated rings. The molecule has 0 saturated heterocycles. The quantitative estimate of drug-likeness (QED) is 0.852. The average Bonchev–Trinajstić information content (AvgIpc) is 2.49. The van der Waals surface area contributed by atoms with Crippen molar-refractivity contribution in [1.82, 2.24) is 5.32 Å². The first kappa shape index (κ1) is 17.7. The summed E-state index contributed by atoms with van der Waals surface area (Å²) in [6, 6.07) is 3.99. The molecule has 126 valence electrons. The largest absolute Gasteiger partial charge is 0.452 e. The molecule has 1 N–H and O–H groups in total. The van der Waals surface area contributed by atoms with Crippen molar-refractivity contribution >= 4 is 23.5 Å². The zero-order valence-corrected chi connectivity index (χ0v) is 14.0. The molecule has 1 aromatic carbocycles. The Balaban J connectivity index is 1.88. The number of halogens is 2. The van der Waals surface area contributed by atoms with Crippen LogP contribution in [0.1, 0.15) is 43.5 Å². The zero-order chi connectivity index (χ0) is 17.0. The molecular formula is C17H21ClFNO3. The van der Waals surface area contributed by atoms with E-state index in [-0.39, 0.29) is 22.5 Å². The summed E-state index contributed by atoms with van der Waals surface area (Å²) in [6.45, 7) is 3.84. The van der Waals surface area contributed by atoms with Crippen molar-refractivity contribution in [2.24, 2.45) is 11.8 Å². The van der Waals surface area contributed by atoms with E-state index in [0.29, 0.717) is 11.8 Å². The van der Waals surface area contributed by atoms with Gasteiger partial charge in [0.2, 0.25) is 0 Å². The summed E-state index contributed by atoms with van der Waals surface area (Å²) < 4.78 is 18.5. The van der Waals surface area contributed by atoms with Crippen molar-refractivity contribution in [3.8, 4) is 0 Å². The first-order valence-electron chi connectivity index (χ1n) is 7.80. The summed E-state index contributed by atoms with van der Waals surface area (Å²) in [5.74, 6) is -1.15. The number of rotatable bonds is 4. The average molecular weight is 342 g/mol. The van der Waals surface area contributed by atoms with Gasteiger partial charge >= 0.3 is 5.97 Å². The van der Waals surface area contributed by atoms with E-state index in [0.717, 1.165) is 25.3 Å². The third kappa shape index (κ3) is 4.44. The smallest absolute Gasteiger partial charge is 0.343 e. The third-order valence-electron chi connectivity index (χ3n) is 4.55. The second-order valence-electron chi connectivity index (χ2n) is 6.11. The molecule has 0 spiro atoms. The van der Waals surface area contributed by atoms with Crippen LogP contribution in [0.2, 0.25) is 5.02 Å². The fraction of sp³-hybridized carbons (Fsp3) is 0.529. The summed E-state index contributed by atoms with van der Waals surface area (Å²) in [5, 5.41) is 2.86. The molecule has 0 heterocycles. The number of ether oxygens (including phenoxy) is 1. The maximum Gasteiger partial charge on any atom is 0.343 e. The summed E-state index contributed by atoms with van der Waals surface area (Å²) in [5.41, 5.74) is -0.346. The second-order valence-corrected chi connectivity index (χ2v) is 6.52. The maximum absolute atomic E-state index is 13.6. The number of hydrogen-bond acceptors (Lipinski definition) is 3. The van der Waals surface area contributed by atoms with Gasteiger partial charge in [0.1, 0.15) is 11.4 Å². The van der Waals surface area contributed by atoms with Gasteiger partial charge in [-0.1, -0.05) is 44.4 Å². The molecule has 0 aromatic heterocycles. The maximum atomic E-state index is 13.6.